The maximum absolute atomic E-state index is 13.9. The maximum atomic E-state index is 13.9. The molecule has 5 heteroatoms. The number of aromatic nitrogens is 2. The molecule has 19 heavy (non-hydrogen) atoms. The lowest BCUT2D eigenvalue weighted by Gasteiger charge is -2.10. The van der Waals surface area contributed by atoms with Crippen molar-refractivity contribution in [2.24, 2.45) is 0 Å². The molecule has 98 valence electrons. The molecule has 0 radical (unpaired) electrons. The van der Waals surface area contributed by atoms with Crippen LogP contribution in [0.4, 0.5) is 8.78 Å². The summed E-state index contributed by atoms with van der Waals surface area (Å²) in [5.41, 5.74) is 1.31. The summed E-state index contributed by atoms with van der Waals surface area (Å²) in [5, 5.41) is 0.329. The lowest BCUT2D eigenvalue weighted by Crippen LogP contribution is -2.01. The second-order valence-electron chi connectivity index (χ2n) is 4.74. The summed E-state index contributed by atoms with van der Waals surface area (Å²) in [6.07, 6.45) is 2.06. The Morgan fingerprint density at radius 3 is 2.58 bits per heavy atom. The Bertz CT molecular complexity index is 654. The summed E-state index contributed by atoms with van der Waals surface area (Å²) < 4.78 is 26.8. The second-order valence-corrected chi connectivity index (χ2v) is 5.10. The highest BCUT2D eigenvalue weighted by molar-refractivity contribution is 6.30. The van der Waals surface area contributed by atoms with Gasteiger partial charge in [0.05, 0.1) is 5.69 Å². The monoisotopic (exact) mass is 280 g/mol. The normalized spacial score (nSPS) is 14.7. The third-order valence-corrected chi connectivity index (χ3v) is 3.60. The van der Waals surface area contributed by atoms with Gasteiger partial charge in [-0.3, -0.25) is 0 Å². The molecule has 0 aliphatic heterocycles. The Morgan fingerprint density at radius 1 is 1.21 bits per heavy atom. The minimum atomic E-state index is -0.639. The van der Waals surface area contributed by atoms with E-state index < -0.39 is 11.6 Å². The lowest BCUT2D eigenvalue weighted by molar-refractivity contribution is 0.585. The highest BCUT2D eigenvalue weighted by Crippen LogP contribution is 2.40. The number of nitrogens with zero attached hydrogens (tertiary/aromatic N) is 2. The number of halogens is 3. The van der Waals surface area contributed by atoms with E-state index in [2.05, 4.69) is 9.97 Å². The summed E-state index contributed by atoms with van der Waals surface area (Å²) in [6.45, 7) is 1.73. The number of hydrogen-bond acceptors (Lipinski definition) is 2. The first-order valence-electron chi connectivity index (χ1n) is 6.05. The zero-order chi connectivity index (χ0) is 13.6. The fourth-order valence-electron chi connectivity index (χ4n) is 1.97. The van der Waals surface area contributed by atoms with Crippen LogP contribution in [0.2, 0.25) is 5.15 Å². The van der Waals surface area contributed by atoms with Crippen LogP contribution < -0.4 is 0 Å². The molecule has 0 saturated heterocycles. The molecule has 1 fully saturated rings. The molecule has 0 spiro atoms. The van der Waals surface area contributed by atoms with Crippen LogP contribution in [0.1, 0.15) is 30.1 Å². The van der Waals surface area contributed by atoms with Crippen molar-refractivity contribution in [3.8, 4) is 11.3 Å². The molecule has 0 amide bonds. The van der Waals surface area contributed by atoms with E-state index in [1.165, 1.54) is 12.1 Å². The zero-order valence-corrected chi connectivity index (χ0v) is 11.0. The van der Waals surface area contributed by atoms with Gasteiger partial charge in [-0.25, -0.2) is 18.7 Å². The standard InChI is InChI=1S/C14H11ClF2N2/c1-7-12(10-5-4-9(16)6-11(10)17)18-14(8-2-3-8)19-13(7)15/h4-6,8H,2-3H2,1H3. The van der Waals surface area contributed by atoms with Gasteiger partial charge < -0.3 is 0 Å². The van der Waals surface area contributed by atoms with Crippen LogP contribution in [0, 0.1) is 18.6 Å². The molecule has 0 unspecified atom stereocenters. The van der Waals surface area contributed by atoms with Crippen LogP contribution in [0.15, 0.2) is 18.2 Å². The van der Waals surface area contributed by atoms with Gasteiger partial charge in [0.2, 0.25) is 0 Å². The first kappa shape index (κ1) is 12.5. The summed E-state index contributed by atoms with van der Waals surface area (Å²) in [4.78, 5) is 8.62. The van der Waals surface area contributed by atoms with Gasteiger partial charge in [0.15, 0.2) is 0 Å². The van der Waals surface area contributed by atoms with E-state index in [0.29, 0.717) is 28.2 Å². The Kier molecular flexibility index (Phi) is 2.97. The van der Waals surface area contributed by atoms with Gasteiger partial charge in [0.25, 0.3) is 0 Å². The fraction of sp³-hybridized carbons (Fsp3) is 0.286. The molecule has 0 bridgehead atoms. The van der Waals surface area contributed by atoms with Gasteiger partial charge in [0.1, 0.15) is 22.6 Å². The van der Waals surface area contributed by atoms with Gasteiger partial charge in [-0.1, -0.05) is 11.6 Å². The fourth-order valence-corrected chi connectivity index (χ4v) is 2.15. The minimum Gasteiger partial charge on any atom is -0.232 e. The first-order chi connectivity index (χ1) is 9.06. The van der Waals surface area contributed by atoms with Crippen LogP contribution in [-0.4, -0.2) is 9.97 Å². The van der Waals surface area contributed by atoms with Crippen LogP contribution >= 0.6 is 11.6 Å². The molecular weight excluding hydrogens is 270 g/mol. The lowest BCUT2D eigenvalue weighted by atomic mass is 10.1. The summed E-state index contributed by atoms with van der Waals surface area (Å²) >= 11 is 6.08. The molecule has 1 heterocycles. The average Bonchev–Trinajstić information content (AvgIpc) is 3.17. The van der Waals surface area contributed by atoms with Crippen molar-refractivity contribution >= 4 is 11.6 Å². The van der Waals surface area contributed by atoms with Gasteiger partial charge in [-0.2, -0.15) is 0 Å². The molecule has 2 aromatic rings. The predicted octanol–water partition coefficient (Wildman–Crippen LogP) is 4.26. The van der Waals surface area contributed by atoms with Gasteiger partial charge in [-0.15, -0.1) is 0 Å². The van der Waals surface area contributed by atoms with Crippen LogP contribution in [0.3, 0.4) is 0 Å². The number of benzene rings is 1. The number of rotatable bonds is 2. The highest BCUT2D eigenvalue weighted by Gasteiger charge is 2.28. The van der Waals surface area contributed by atoms with E-state index in [1.54, 1.807) is 6.92 Å². The first-order valence-corrected chi connectivity index (χ1v) is 6.43. The minimum absolute atomic E-state index is 0.255. The van der Waals surface area contributed by atoms with Crippen molar-refractivity contribution < 1.29 is 8.78 Å². The molecule has 0 atom stereocenters. The van der Waals surface area contributed by atoms with Crippen LogP contribution in [-0.2, 0) is 0 Å². The van der Waals surface area contributed by atoms with Gasteiger partial charge in [0, 0.05) is 23.1 Å². The van der Waals surface area contributed by atoms with E-state index >= 15 is 0 Å². The molecule has 1 aromatic carbocycles. The molecule has 0 N–H and O–H groups in total. The zero-order valence-electron chi connectivity index (χ0n) is 10.3. The quantitative estimate of drug-likeness (QED) is 0.768. The number of hydrogen-bond donors (Lipinski definition) is 0. The largest absolute Gasteiger partial charge is 0.232 e. The molecule has 1 saturated carbocycles. The van der Waals surface area contributed by atoms with E-state index in [-0.39, 0.29) is 5.56 Å². The third kappa shape index (κ3) is 2.32. The average molecular weight is 281 g/mol. The van der Waals surface area contributed by atoms with Gasteiger partial charge in [-0.05, 0) is 31.9 Å². The van der Waals surface area contributed by atoms with Crippen molar-refractivity contribution in [3.05, 3.63) is 46.4 Å². The van der Waals surface area contributed by atoms with Crippen molar-refractivity contribution in [1.82, 2.24) is 9.97 Å². The van der Waals surface area contributed by atoms with Crippen molar-refractivity contribution in [3.63, 3.8) is 0 Å². The van der Waals surface area contributed by atoms with Crippen molar-refractivity contribution in [1.29, 1.82) is 0 Å². The summed E-state index contributed by atoms with van der Waals surface area (Å²) in [6, 6.07) is 3.44. The van der Waals surface area contributed by atoms with Crippen LogP contribution in [0.5, 0.6) is 0 Å². The predicted molar refractivity (Wildman–Crippen MR) is 69.1 cm³/mol. The third-order valence-electron chi connectivity index (χ3n) is 3.23. The Hall–Kier alpha value is -1.55. The summed E-state index contributed by atoms with van der Waals surface area (Å²) in [7, 11) is 0. The highest BCUT2D eigenvalue weighted by atomic mass is 35.5. The maximum Gasteiger partial charge on any atom is 0.136 e. The Labute approximate surface area is 114 Å². The van der Waals surface area contributed by atoms with E-state index in [4.69, 9.17) is 11.6 Å². The summed E-state index contributed by atoms with van der Waals surface area (Å²) in [5.74, 6) is -0.282. The van der Waals surface area contributed by atoms with E-state index in [9.17, 15) is 8.78 Å². The van der Waals surface area contributed by atoms with E-state index in [0.717, 1.165) is 18.9 Å². The SMILES string of the molecule is Cc1c(Cl)nc(C2CC2)nc1-c1ccc(F)cc1F. The van der Waals surface area contributed by atoms with Crippen LogP contribution in [0.25, 0.3) is 11.3 Å². The van der Waals surface area contributed by atoms with Crippen molar-refractivity contribution in [2.45, 2.75) is 25.7 Å². The second kappa shape index (κ2) is 4.53. The van der Waals surface area contributed by atoms with E-state index in [1.807, 2.05) is 0 Å². The Morgan fingerprint density at radius 2 is 1.95 bits per heavy atom. The molecule has 2 nitrogen and oxygen atoms in total. The smallest absolute Gasteiger partial charge is 0.136 e. The molecule has 1 aromatic heterocycles. The molecule has 3 rings (SSSR count). The van der Waals surface area contributed by atoms with Crippen molar-refractivity contribution in [2.75, 3.05) is 0 Å². The molecule has 1 aliphatic rings. The molecular formula is C14H11ClF2N2. The topological polar surface area (TPSA) is 25.8 Å². The van der Waals surface area contributed by atoms with Gasteiger partial charge >= 0.3 is 0 Å². The molecule has 1 aliphatic carbocycles. The Balaban J connectivity index is 2.17.